The predicted molar refractivity (Wildman–Crippen MR) is 125 cm³/mol. The van der Waals surface area contributed by atoms with Gasteiger partial charge in [0, 0.05) is 11.4 Å². The highest BCUT2D eigenvalue weighted by Crippen LogP contribution is 2.43. The van der Waals surface area contributed by atoms with E-state index in [1.165, 1.54) is 28.8 Å². The van der Waals surface area contributed by atoms with Gasteiger partial charge in [-0.2, -0.15) is 13.2 Å². The minimum atomic E-state index is -4.45. The van der Waals surface area contributed by atoms with Crippen LogP contribution in [0.2, 0.25) is 0 Å². The van der Waals surface area contributed by atoms with Gasteiger partial charge < -0.3 is 10.1 Å². The van der Waals surface area contributed by atoms with E-state index in [4.69, 9.17) is 4.74 Å². The topological polar surface area (TPSA) is 58.6 Å². The molecule has 1 fully saturated rings. The molecule has 176 valence electrons. The summed E-state index contributed by atoms with van der Waals surface area (Å²) in [6, 6.07) is 21.1. The van der Waals surface area contributed by atoms with Gasteiger partial charge >= 0.3 is 6.18 Å². The molecule has 0 radical (unpaired) electrons. The molecule has 1 N–H and O–H groups in total. The molecule has 9 heteroatoms. The number of nitrogens with zero attached hydrogens (tertiary/aromatic N) is 1. The number of rotatable bonds is 7. The summed E-state index contributed by atoms with van der Waals surface area (Å²) >= 11 is 1.37. The van der Waals surface area contributed by atoms with E-state index in [-0.39, 0.29) is 24.2 Å². The van der Waals surface area contributed by atoms with E-state index in [9.17, 15) is 22.8 Å². The number of halogens is 3. The molecule has 1 heterocycles. The minimum absolute atomic E-state index is 0.118. The first-order valence-electron chi connectivity index (χ1n) is 10.4. The number of carbonyl (C=O) groups is 2. The SMILES string of the molecule is O=C(COCc1ccccc1)Nc1cccc(C2SCC(=O)N2c2ccc(C(F)(F)F)cc2)c1. The van der Waals surface area contributed by atoms with Crippen LogP contribution in [-0.4, -0.2) is 24.2 Å². The molecule has 1 aliphatic heterocycles. The lowest BCUT2D eigenvalue weighted by Crippen LogP contribution is -2.28. The molecule has 3 aromatic carbocycles. The number of thioether (sulfide) groups is 1. The van der Waals surface area contributed by atoms with Crippen LogP contribution in [0.15, 0.2) is 78.9 Å². The average molecular weight is 487 g/mol. The fraction of sp³-hybridized carbons (Fsp3) is 0.200. The van der Waals surface area contributed by atoms with Gasteiger partial charge in [-0.05, 0) is 47.5 Å². The lowest BCUT2D eigenvalue weighted by Gasteiger charge is -2.25. The summed E-state index contributed by atoms with van der Waals surface area (Å²) in [5, 5.41) is 2.36. The minimum Gasteiger partial charge on any atom is -0.367 e. The molecule has 5 nitrogen and oxygen atoms in total. The smallest absolute Gasteiger partial charge is 0.367 e. The van der Waals surface area contributed by atoms with Crippen LogP contribution in [0.1, 0.15) is 22.1 Å². The van der Waals surface area contributed by atoms with Crippen LogP contribution in [0.5, 0.6) is 0 Å². The van der Waals surface area contributed by atoms with Crippen LogP contribution < -0.4 is 10.2 Å². The average Bonchev–Trinajstić information content (AvgIpc) is 3.21. The Kier molecular flexibility index (Phi) is 7.23. The summed E-state index contributed by atoms with van der Waals surface area (Å²) in [5.74, 6) is -0.309. The van der Waals surface area contributed by atoms with Gasteiger partial charge in [0.25, 0.3) is 0 Å². The Labute approximate surface area is 198 Å². The molecular formula is C25H21F3N2O3S. The molecule has 0 spiro atoms. The van der Waals surface area contributed by atoms with E-state index in [0.717, 1.165) is 23.3 Å². The maximum atomic E-state index is 12.9. The molecular weight excluding hydrogens is 465 g/mol. The monoisotopic (exact) mass is 486 g/mol. The number of amides is 2. The van der Waals surface area contributed by atoms with Gasteiger partial charge in [0.2, 0.25) is 11.8 Å². The zero-order chi connectivity index (χ0) is 24.1. The van der Waals surface area contributed by atoms with E-state index in [1.54, 1.807) is 18.2 Å². The van der Waals surface area contributed by atoms with Gasteiger partial charge in [0.1, 0.15) is 12.0 Å². The summed E-state index contributed by atoms with van der Waals surface area (Å²) in [5.41, 5.74) is 1.86. The van der Waals surface area contributed by atoms with Crippen molar-refractivity contribution in [2.24, 2.45) is 0 Å². The third kappa shape index (κ3) is 5.78. The maximum absolute atomic E-state index is 12.9. The fourth-order valence-electron chi connectivity index (χ4n) is 3.56. The van der Waals surface area contributed by atoms with Crippen molar-refractivity contribution >= 4 is 35.0 Å². The van der Waals surface area contributed by atoms with Gasteiger partial charge in [0.05, 0.1) is 17.9 Å². The second-order valence-electron chi connectivity index (χ2n) is 7.62. The van der Waals surface area contributed by atoms with Crippen LogP contribution in [0.4, 0.5) is 24.5 Å². The van der Waals surface area contributed by atoms with Gasteiger partial charge in [-0.3, -0.25) is 14.5 Å². The summed E-state index contributed by atoms with van der Waals surface area (Å²) in [6.07, 6.45) is -4.45. The van der Waals surface area contributed by atoms with Crippen molar-refractivity contribution in [2.45, 2.75) is 18.2 Å². The molecule has 4 rings (SSSR count). The molecule has 34 heavy (non-hydrogen) atoms. The van der Waals surface area contributed by atoms with Crippen LogP contribution in [0.25, 0.3) is 0 Å². The zero-order valence-electron chi connectivity index (χ0n) is 17.9. The van der Waals surface area contributed by atoms with E-state index in [1.807, 2.05) is 36.4 Å². The number of carbonyl (C=O) groups excluding carboxylic acids is 2. The van der Waals surface area contributed by atoms with Gasteiger partial charge in [-0.25, -0.2) is 0 Å². The Morgan fingerprint density at radius 2 is 1.76 bits per heavy atom. The first-order valence-corrected chi connectivity index (χ1v) is 11.5. The summed E-state index contributed by atoms with van der Waals surface area (Å²) in [6.45, 7) is 0.199. The second kappa shape index (κ2) is 10.3. The number of hydrogen-bond acceptors (Lipinski definition) is 4. The molecule has 0 saturated carbocycles. The molecule has 1 unspecified atom stereocenters. The third-order valence-electron chi connectivity index (χ3n) is 5.14. The lowest BCUT2D eigenvalue weighted by atomic mass is 10.1. The standard InChI is InChI=1S/C25H21F3N2O3S/c26-25(27,28)19-9-11-21(12-10-19)30-23(32)16-34-24(30)18-7-4-8-20(13-18)29-22(31)15-33-14-17-5-2-1-3-6-17/h1-13,24H,14-16H2,(H,29,31). The Bertz CT molecular complexity index is 1150. The first kappa shape index (κ1) is 23.8. The van der Waals surface area contributed by atoms with Crippen molar-refractivity contribution in [3.63, 3.8) is 0 Å². The van der Waals surface area contributed by atoms with E-state index in [2.05, 4.69) is 5.32 Å². The highest BCUT2D eigenvalue weighted by molar-refractivity contribution is 8.00. The predicted octanol–water partition coefficient (Wildman–Crippen LogP) is 5.64. The number of benzene rings is 3. The Hall–Kier alpha value is -3.30. The van der Waals surface area contributed by atoms with Crippen LogP contribution >= 0.6 is 11.8 Å². The second-order valence-corrected chi connectivity index (χ2v) is 8.69. The van der Waals surface area contributed by atoms with Crippen molar-refractivity contribution in [3.05, 3.63) is 95.6 Å². The first-order chi connectivity index (χ1) is 16.3. The molecule has 1 saturated heterocycles. The quantitative estimate of drug-likeness (QED) is 0.470. The Balaban J connectivity index is 1.42. The molecule has 1 aliphatic rings. The Morgan fingerprint density at radius 3 is 2.47 bits per heavy atom. The van der Waals surface area contributed by atoms with Crippen LogP contribution in [0.3, 0.4) is 0 Å². The molecule has 0 bridgehead atoms. The summed E-state index contributed by atoms with van der Waals surface area (Å²) in [4.78, 5) is 26.3. The molecule has 3 aromatic rings. The van der Waals surface area contributed by atoms with Crippen molar-refractivity contribution in [1.29, 1.82) is 0 Å². The number of anilines is 2. The third-order valence-corrected chi connectivity index (χ3v) is 6.35. The number of nitrogens with one attached hydrogen (secondary N) is 1. The molecule has 2 amide bonds. The zero-order valence-corrected chi connectivity index (χ0v) is 18.7. The van der Waals surface area contributed by atoms with E-state index >= 15 is 0 Å². The van der Waals surface area contributed by atoms with Gasteiger partial charge in [-0.15, -0.1) is 11.8 Å². The maximum Gasteiger partial charge on any atom is 0.416 e. The van der Waals surface area contributed by atoms with Crippen molar-refractivity contribution < 1.29 is 27.5 Å². The van der Waals surface area contributed by atoms with Crippen LogP contribution in [-0.2, 0) is 27.1 Å². The van der Waals surface area contributed by atoms with Gasteiger partial charge in [0.15, 0.2) is 0 Å². The molecule has 1 atom stereocenters. The highest BCUT2D eigenvalue weighted by Gasteiger charge is 2.35. The number of hydrogen-bond donors (Lipinski definition) is 1. The highest BCUT2D eigenvalue weighted by atomic mass is 32.2. The summed E-state index contributed by atoms with van der Waals surface area (Å²) < 4.78 is 44.2. The number of alkyl halides is 3. The largest absolute Gasteiger partial charge is 0.416 e. The summed E-state index contributed by atoms with van der Waals surface area (Å²) in [7, 11) is 0. The molecule has 0 aromatic heterocycles. The van der Waals surface area contributed by atoms with E-state index < -0.39 is 17.1 Å². The van der Waals surface area contributed by atoms with Crippen molar-refractivity contribution in [1.82, 2.24) is 0 Å². The van der Waals surface area contributed by atoms with Crippen LogP contribution in [0, 0.1) is 0 Å². The molecule has 0 aliphatic carbocycles. The van der Waals surface area contributed by atoms with Gasteiger partial charge in [-0.1, -0.05) is 42.5 Å². The number of ether oxygens (including phenoxy) is 1. The lowest BCUT2D eigenvalue weighted by molar-refractivity contribution is -0.137. The van der Waals surface area contributed by atoms with Crippen molar-refractivity contribution in [3.8, 4) is 0 Å². The fourth-order valence-corrected chi connectivity index (χ4v) is 4.73. The van der Waals surface area contributed by atoms with E-state index in [0.29, 0.717) is 18.0 Å². The normalized spacial score (nSPS) is 16.0. The Morgan fingerprint density at radius 1 is 1.03 bits per heavy atom. The van der Waals surface area contributed by atoms with Crippen molar-refractivity contribution in [2.75, 3.05) is 22.6 Å².